The van der Waals surface area contributed by atoms with Crippen LogP contribution in [0.25, 0.3) is 0 Å². The third kappa shape index (κ3) is 5.59. The lowest BCUT2D eigenvalue weighted by Gasteiger charge is -2.16. The van der Waals surface area contributed by atoms with Crippen molar-refractivity contribution in [1.29, 1.82) is 0 Å². The third-order valence-corrected chi connectivity index (χ3v) is 4.49. The maximum absolute atomic E-state index is 12.7. The van der Waals surface area contributed by atoms with Crippen molar-refractivity contribution in [3.8, 4) is 17.2 Å². The summed E-state index contributed by atoms with van der Waals surface area (Å²) in [5.74, 6) is -2.80. The molecular weight excluding hydrogens is 428 g/mol. The molecule has 3 aromatic carbocycles. The average molecular weight is 450 g/mol. The maximum atomic E-state index is 12.7. The number of carbonyl (C=O) groups is 3. The van der Waals surface area contributed by atoms with E-state index in [1.165, 1.54) is 48.5 Å². The van der Waals surface area contributed by atoms with Crippen molar-refractivity contribution in [2.24, 2.45) is 0 Å². The molecule has 0 aliphatic rings. The normalized spacial score (nSPS) is 10.5. The number of hydrogen-bond acceptors (Lipinski definition) is 6. The number of benzene rings is 3. The number of hydrogen-bond donors (Lipinski definition) is 5. The summed E-state index contributed by atoms with van der Waals surface area (Å²) in [6, 6.07) is 14.0. The highest BCUT2D eigenvalue weighted by Crippen LogP contribution is 2.30. The van der Waals surface area contributed by atoms with Gasteiger partial charge in [-0.1, -0.05) is 12.1 Å². The molecule has 0 spiro atoms. The number of phenolic OH excluding ortho intramolecular Hbond substituents is 2. The van der Waals surface area contributed by atoms with E-state index in [-0.39, 0.29) is 45.7 Å². The molecule has 0 aliphatic carbocycles. The van der Waals surface area contributed by atoms with Crippen molar-refractivity contribution in [3.63, 3.8) is 0 Å². The lowest BCUT2D eigenvalue weighted by Crippen LogP contribution is -2.16. The van der Waals surface area contributed by atoms with E-state index in [0.29, 0.717) is 0 Å². The van der Waals surface area contributed by atoms with Crippen LogP contribution >= 0.6 is 0 Å². The number of amides is 2. The summed E-state index contributed by atoms with van der Waals surface area (Å²) >= 11 is 0. The molecule has 0 aromatic heterocycles. The summed E-state index contributed by atoms with van der Waals surface area (Å²) in [5.41, 5.74) is 0.424. The zero-order chi connectivity index (χ0) is 24.1. The van der Waals surface area contributed by atoms with Crippen molar-refractivity contribution in [2.45, 2.75) is 20.0 Å². The molecule has 170 valence electrons. The van der Waals surface area contributed by atoms with E-state index in [1.807, 2.05) is 0 Å². The summed E-state index contributed by atoms with van der Waals surface area (Å²) < 4.78 is 5.61. The quantitative estimate of drug-likeness (QED) is 0.364. The van der Waals surface area contributed by atoms with Crippen LogP contribution in [0, 0.1) is 0 Å². The smallest absolute Gasteiger partial charge is 0.335 e. The zero-order valence-corrected chi connectivity index (χ0v) is 17.8. The number of carbonyl (C=O) groups excluding carboxylic acids is 2. The van der Waals surface area contributed by atoms with Gasteiger partial charge in [0.2, 0.25) is 0 Å². The van der Waals surface area contributed by atoms with Gasteiger partial charge in [-0.15, -0.1) is 0 Å². The van der Waals surface area contributed by atoms with Crippen molar-refractivity contribution >= 4 is 29.2 Å². The van der Waals surface area contributed by atoms with Crippen molar-refractivity contribution < 1.29 is 34.4 Å². The molecule has 9 nitrogen and oxygen atoms in total. The van der Waals surface area contributed by atoms with Crippen molar-refractivity contribution in [3.05, 3.63) is 77.4 Å². The number of carboxylic acid groups (broad SMARTS) is 1. The molecule has 3 rings (SSSR count). The Hall–Kier alpha value is -4.53. The molecule has 0 aliphatic heterocycles. The predicted molar refractivity (Wildman–Crippen MR) is 121 cm³/mol. The standard InChI is InChI=1S/C24H22N2O7/c1-13(2)33-21-11-14(24(31)32)7-10-18(21)26-23(30)17-9-8-15(12-20(17)28)25-22(29)16-5-3-4-6-19(16)27/h3-13,27-28H,1-2H3,(H,25,29)(H,26,30)(H,31,32). The number of carboxylic acids is 1. The first-order chi connectivity index (χ1) is 15.7. The molecule has 3 aromatic rings. The van der Waals surface area contributed by atoms with Crippen LogP contribution in [0.4, 0.5) is 11.4 Å². The first kappa shape index (κ1) is 23.1. The van der Waals surface area contributed by atoms with E-state index >= 15 is 0 Å². The van der Waals surface area contributed by atoms with Crippen molar-refractivity contribution in [2.75, 3.05) is 10.6 Å². The second-order valence-electron chi connectivity index (χ2n) is 7.34. The average Bonchev–Trinajstić information content (AvgIpc) is 2.74. The Balaban J connectivity index is 1.79. The van der Waals surface area contributed by atoms with Gasteiger partial charge in [0.15, 0.2) is 0 Å². The molecule has 0 heterocycles. The van der Waals surface area contributed by atoms with Gasteiger partial charge in [0.05, 0.1) is 28.5 Å². The Bertz CT molecular complexity index is 1220. The molecule has 0 atom stereocenters. The Kier molecular flexibility index (Phi) is 6.82. The minimum absolute atomic E-state index is 0.00366. The van der Waals surface area contributed by atoms with Gasteiger partial charge in [0.1, 0.15) is 17.2 Å². The number of aromatic hydroxyl groups is 2. The van der Waals surface area contributed by atoms with Gasteiger partial charge in [0, 0.05) is 11.8 Å². The van der Waals surface area contributed by atoms with Crippen LogP contribution in [0.1, 0.15) is 44.9 Å². The molecule has 0 saturated carbocycles. The number of rotatable bonds is 7. The van der Waals surface area contributed by atoms with Gasteiger partial charge in [-0.25, -0.2) is 4.79 Å². The number of aromatic carboxylic acids is 1. The Labute approximate surface area is 189 Å². The molecule has 33 heavy (non-hydrogen) atoms. The van der Waals surface area contributed by atoms with Gasteiger partial charge in [-0.2, -0.15) is 0 Å². The highest BCUT2D eigenvalue weighted by Gasteiger charge is 2.18. The molecule has 0 radical (unpaired) electrons. The highest BCUT2D eigenvalue weighted by atomic mass is 16.5. The number of anilines is 2. The van der Waals surface area contributed by atoms with Gasteiger partial charge in [-0.3, -0.25) is 9.59 Å². The second kappa shape index (κ2) is 9.73. The van der Waals surface area contributed by atoms with Crippen molar-refractivity contribution in [1.82, 2.24) is 0 Å². The lowest BCUT2D eigenvalue weighted by molar-refractivity contribution is 0.0695. The zero-order valence-electron chi connectivity index (χ0n) is 17.8. The van der Waals surface area contributed by atoms with Crippen LogP contribution in [0.5, 0.6) is 17.2 Å². The fourth-order valence-corrected chi connectivity index (χ4v) is 2.97. The lowest BCUT2D eigenvalue weighted by atomic mass is 10.1. The SMILES string of the molecule is CC(C)Oc1cc(C(=O)O)ccc1NC(=O)c1ccc(NC(=O)c2ccccc2O)cc1O. The van der Waals surface area contributed by atoms with E-state index in [1.54, 1.807) is 26.0 Å². The number of nitrogens with one attached hydrogen (secondary N) is 2. The summed E-state index contributed by atoms with van der Waals surface area (Å²) in [6.07, 6.45) is -0.273. The Morgan fingerprint density at radius 2 is 1.48 bits per heavy atom. The van der Waals surface area contributed by atoms with Crippen LogP contribution in [-0.2, 0) is 0 Å². The molecule has 0 unspecified atom stereocenters. The minimum atomic E-state index is -1.14. The van der Waals surface area contributed by atoms with E-state index in [4.69, 9.17) is 4.74 Å². The summed E-state index contributed by atoms with van der Waals surface area (Å²) in [5, 5.41) is 34.4. The third-order valence-electron chi connectivity index (χ3n) is 4.49. The number of phenols is 2. The topological polar surface area (TPSA) is 145 Å². The molecule has 2 amide bonds. The summed E-state index contributed by atoms with van der Waals surface area (Å²) in [6.45, 7) is 3.51. The second-order valence-corrected chi connectivity index (χ2v) is 7.34. The minimum Gasteiger partial charge on any atom is -0.507 e. The largest absolute Gasteiger partial charge is 0.507 e. The van der Waals surface area contributed by atoms with E-state index in [2.05, 4.69) is 10.6 Å². The number of ether oxygens (including phenoxy) is 1. The Morgan fingerprint density at radius 1 is 0.818 bits per heavy atom. The molecule has 9 heteroatoms. The molecule has 0 fully saturated rings. The number of para-hydroxylation sites is 1. The van der Waals surface area contributed by atoms with Crippen LogP contribution in [0.2, 0.25) is 0 Å². The first-order valence-electron chi connectivity index (χ1n) is 9.93. The molecule has 0 saturated heterocycles. The summed E-state index contributed by atoms with van der Waals surface area (Å²) in [7, 11) is 0. The monoisotopic (exact) mass is 450 g/mol. The van der Waals surface area contributed by atoms with E-state index < -0.39 is 23.5 Å². The molecular formula is C24H22N2O7. The van der Waals surface area contributed by atoms with Crippen LogP contribution in [-0.4, -0.2) is 39.2 Å². The van der Waals surface area contributed by atoms with E-state index in [0.717, 1.165) is 0 Å². The van der Waals surface area contributed by atoms with Gasteiger partial charge >= 0.3 is 5.97 Å². The van der Waals surface area contributed by atoms with Crippen LogP contribution in [0.3, 0.4) is 0 Å². The van der Waals surface area contributed by atoms with E-state index in [9.17, 15) is 29.7 Å². The predicted octanol–water partition coefficient (Wildman–Crippen LogP) is 4.09. The highest BCUT2D eigenvalue weighted by molar-refractivity contribution is 6.09. The first-order valence-corrected chi connectivity index (χ1v) is 9.93. The fourth-order valence-electron chi connectivity index (χ4n) is 2.97. The Morgan fingerprint density at radius 3 is 2.12 bits per heavy atom. The van der Waals surface area contributed by atoms with Gasteiger partial charge < -0.3 is 30.7 Å². The molecule has 0 bridgehead atoms. The van der Waals surface area contributed by atoms with Gasteiger partial charge in [0.25, 0.3) is 11.8 Å². The summed E-state index contributed by atoms with van der Waals surface area (Å²) in [4.78, 5) is 36.3. The molecule has 5 N–H and O–H groups in total. The van der Waals surface area contributed by atoms with Crippen LogP contribution < -0.4 is 15.4 Å². The van der Waals surface area contributed by atoms with Crippen LogP contribution in [0.15, 0.2) is 60.7 Å². The fraction of sp³-hybridized carbons (Fsp3) is 0.125. The van der Waals surface area contributed by atoms with Gasteiger partial charge in [-0.05, 0) is 56.3 Å². The maximum Gasteiger partial charge on any atom is 0.335 e.